The summed E-state index contributed by atoms with van der Waals surface area (Å²) < 4.78 is 0. The molecule has 3 rings (SSSR count). The molecule has 1 heteroatoms. The molecule has 1 atom stereocenters. The van der Waals surface area contributed by atoms with Gasteiger partial charge in [0.15, 0.2) is 0 Å². The van der Waals surface area contributed by atoms with E-state index in [4.69, 9.17) is 0 Å². The van der Waals surface area contributed by atoms with Crippen molar-refractivity contribution in [3.63, 3.8) is 0 Å². The molecule has 1 N–H and O–H groups in total. The van der Waals surface area contributed by atoms with E-state index < -0.39 is 5.60 Å². The maximum Gasteiger partial charge on any atom is 0.112 e. The Bertz CT molecular complexity index is 613. The molecule has 0 bridgehead atoms. The summed E-state index contributed by atoms with van der Waals surface area (Å²) in [5, 5.41) is 11.0. The van der Waals surface area contributed by atoms with Gasteiger partial charge in [0.1, 0.15) is 5.60 Å². The third kappa shape index (κ3) is 2.75. The predicted octanol–water partition coefficient (Wildman–Crippen LogP) is 4.83. The Hall–Kier alpha value is -1.60. The Balaban J connectivity index is 1.92. The number of hydrogen-bond acceptors (Lipinski definition) is 1. The van der Waals surface area contributed by atoms with Crippen LogP contribution < -0.4 is 0 Å². The fraction of sp³-hybridized carbons (Fsp3) is 0.400. The van der Waals surface area contributed by atoms with Gasteiger partial charge in [-0.3, -0.25) is 0 Å². The van der Waals surface area contributed by atoms with E-state index in [9.17, 15) is 5.11 Å². The van der Waals surface area contributed by atoms with Crippen LogP contribution in [-0.4, -0.2) is 5.11 Å². The maximum atomic E-state index is 11.0. The number of rotatable bonds is 3. The topological polar surface area (TPSA) is 20.2 Å². The molecule has 1 aliphatic rings. The van der Waals surface area contributed by atoms with Gasteiger partial charge >= 0.3 is 0 Å². The van der Waals surface area contributed by atoms with Crippen LogP contribution in [0.3, 0.4) is 0 Å². The minimum Gasteiger partial charge on any atom is -0.381 e. The average molecular weight is 280 g/mol. The number of aryl methyl sites for hydroxylation is 2. The van der Waals surface area contributed by atoms with Gasteiger partial charge in [-0.05, 0) is 56.2 Å². The maximum absolute atomic E-state index is 11.0. The van der Waals surface area contributed by atoms with E-state index in [1.54, 1.807) is 0 Å². The Morgan fingerprint density at radius 3 is 1.95 bits per heavy atom. The van der Waals surface area contributed by atoms with Crippen LogP contribution in [0.4, 0.5) is 0 Å². The lowest BCUT2D eigenvalue weighted by Gasteiger charge is -2.28. The highest BCUT2D eigenvalue weighted by atomic mass is 16.3. The molecule has 0 heterocycles. The first kappa shape index (κ1) is 14.3. The number of aliphatic hydroxyl groups is 1. The van der Waals surface area contributed by atoms with Gasteiger partial charge in [0, 0.05) is 0 Å². The van der Waals surface area contributed by atoms with Crippen LogP contribution in [0.5, 0.6) is 0 Å². The van der Waals surface area contributed by atoms with Crippen LogP contribution in [-0.2, 0) is 5.60 Å². The van der Waals surface area contributed by atoms with Crippen molar-refractivity contribution < 1.29 is 5.11 Å². The Morgan fingerprint density at radius 1 is 0.905 bits per heavy atom. The summed E-state index contributed by atoms with van der Waals surface area (Å²) in [5.41, 5.74) is 4.80. The van der Waals surface area contributed by atoms with E-state index >= 15 is 0 Å². The van der Waals surface area contributed by atoms with Crippen molar-refractivity contribution in [1.82, 2.24) is 0 Å². The standard InChI is InChI=1S/C20H24O/c1-14-11-15(2)13-19(12-14)20(3,21)18-9-7-17(8-10-18)16-5-4-6-16/h7-13,16,21H,4-6H2,1-3H3. The zero-order valence-corrected chi connectivity index (χ0v) is 13.2. The molecule has 1 saturated carbocycles. The molecule has 2 aromatic rings. The molecule has 0 spiro atoms. The van der Waals surface area contributed by atoms with E-state index in [1.165, 1.54) is 36.0 Å². The van der Waals surface area contributed by atoms with Crippen molar-refractivity contribution in [2.24, 2.45) is 0 Å². The number of hydrogen-bond donors (Lipinski definition) is 1. The van der Waals surface area contributed by atoms with Gasteiger partial charge in [0.2, 0.25) is 0 Å². The van der Waals surface area contributed by atoms with Gasteiger partial charge in [0.05, 0.1) is 0 Å². The molecule has 1 unspecified atom stereocenters. The monoisotopic (exact) mass is 280 g/mol. The lowest BCUT2D eigenvalue weighted by Crippen LogP contribution is -2.23. The fourth-order valence-corrected chi connectivity index (χ4v) is 3.24. The third-order valence-corrected chi connectivity index (χ3v) is 4.83. The van der Waals surface area contributed by atoms with E-state index in [2.05, 4.69) is 56.3 Å². The highest BCUT2D eigenvalue weighted by molar-refractivity contribution is 5.40. The fourth-order valence-electron chi connectivity index (χ4n) is 3.24. The summed E-state index contributed by atoms with van der Waals surface area (Å²) in [6.07, 6.45) is 3.98. The second-order valence-corrected chi connectivity index (χ2v) is 6.70. The van der Waals surface area contributed by atoms with Gasteiger partial charge in [-0.25, -0.2) is 0 Å². The second-order valence-electron chi connectivity index (χ2n) is 6.70. The first-order valence-electron chi connectivity index (χ1n) is 7.88. The molecule has 2 aromatic carbocycles. The summed E-state index contributed by atoms with van der Waals surface area (Å²) in [5.74, 6) is 0.741. The Kier molecular flexibility index (Phi) is 3.62. The lowest BCUT2D eigenvalue weighted by molar-refractivity contribution is 0.102. The highest BCUT2D eigenvalue weighted by Gasteiger charge is 2.27. The molecule has 21 heavy (non-hydrogen) atoms. The molecule has 0 aromatic heterocycles. The first-order chi connectivity index (χ1) is 9.96. The quantitative estimate of drug-likeness (QED) is 0.854. The molecule has 0 amide bonds. The molecular weight excluding hydrogens is 256 g/mol. The van der Waals surface area contributed by atoms with Crippen molar-refractivity contribution in [3.8, 4) is 0 Å². The summed E-state index contributed by atoms with van der Waals surface area (Å²) in [7, 11) is 0. The SMILES string of the molecule is Cc1cc(C)cc(C(C)(O)c2ccc(C3CCC3)cc2)c1. The Morgan fingerprint density at radius 2 is 1.48 bits per heavy atom. The molecule has 1 nitrogen and oxygen atoms in total. The molecular formula is C20H24O. The van der Waals surface area contributed by atoms with Crippen LogP contribution in [0.1, 0.15) is 59.9 Å². The van der Waals surface area contributed by atoms with Crippen molar-refractivity contribution >= 4 is 0 Å². The van der Waals surface area contributed by atoms with Gasteiger partial charge in [0.25, 0.3) is 0 Å². The summed E-state index contributed by atoms with van der Waals surface area (Å²) in [6, 6.07) is 14.8. The molecule has 0 saturated heterocycles. The molecule has 0 aliphatic heterocycles. The summed E-state index contributed by atoms with van der Waals surface area (Å²) in [6.45, 7) is 6.04. The normalized spacial score (nSPS) is 18.1. The Labute approximate surface area is 127 Å². The van der Waals surface area contributed by atoms with Crippen LogP contribution >= 0.6 is 0 Å². The van der Waals surface area contributed by atoms with Crippen molar-refractivity contribution in [2.75, 3.05) is 0 Å². The van der Waals surface area contributed by atoms with E-state index in [0.29, 0.717) is 0 Å². The smallest absolute Gasteiger partial charge is 0.112 e. The van der Waals surface area contributed by atoms with Crippen LogP contribution in [0.25, 0.3) is 0 Å². The van der Waals surface area contributed by atoms with Gasteiger partial charge in [-0.1, -0.05) is 60.0 Å². The van der Waals surface area contributed by atoms with Crippen molar-refractivity contribution in [2.45, 2.75) is 51.6 Å². The zero-order chi connectivity index (χ0) is 15.0. The molecule has 0 radical (unpaired) electrons. The first-order valence-corrected chi connectivity index (χ1v) is 7.88. The van der Waals surface area contributed by atoms with Crippen LogP contribution in [0.15, 0.2) is 42.5 Å². The second kappa shape index (κ2) is 5.31. The van der Waals surface area contributed by atoms with Gasteiger partial charge in [-0.2, -0.15) is 0 Å². The highest BCUT2D eigenvalue weighted by Crippen LogP contribution is 2.37. The summed E-state index contributed by atoms with van der Waals surface area (Å²) in [4.78, 5) is 0. The van der Waals surface area contributed by atoms with E-state index in [1.807, 2.05) is 6.92 Å². The number of benzene rings is 2. The van der Waals surface area contributed by atoms with Crippen molar-refractivity contribution in [1.29, 1.82) is 0 Å². The molecule has 110 valence electrons. The largest absolute Gasteiger partial charge is 0.381 e. The van der Waals surface area contributed by atoms with Crippen LogP contribution in [0.2, 0.25) is 0 Å². The van der Waals surface area contributed by atoms with Gasteiger partial charge < -0.3 is 5.11 Å². The minimum atomic E-state index is -0.936. The summed E-state index contributed by atoms with van der Waals surface area (Å²) >= 11 is 0. The van der Waals surface area contributed by atoms with Crippen molar-refractivity contribution in [3.05, 3.63) is 70.3 Å². The predicted molar refractivity (Wildman–Crippen MR) is 87.6 cm³/mol. The van der Waals surface area contributed by atoms with E-state index in [-0.39, 0.29) is 0 Å². The van der Waals surface area contributed by atoms with E-state index in [0.717, 1.165) is 17.0 Å². The lowest BCUT2D eigenvalue weighted by atomic mass is 9.79. The molecule has 1 aliphatic carbocycles. The minimum absolute atomic E-state index is 0.741. The van der Waals surface area contributed by atoms with Crippen LogP contribution in [0, 0.1) is 13.8 Å². The third-order valence-electron chi connectivity index (χ3n) is 4.83. The van der Waals surface area contributed by atoms with Gasteiger partial charge in [-0.15, -0.1) is 0 Å². The average Bonchev–Trinajstić information content (AvgIpc) is 2.36. The molecule has 1 fully saturated rings. The zero-order valence-electron chi connectivity index (χ0n) is 13.2.